The average molecular weight is 1360 g/mol. The maximum atomic E-state index is 8.81. The monoisotopic (exact) mass is 1360 g/mol. The van der Waals surface area contributed by atoms with Crippen LogP contribution in [0.25, 0.3) is 32.3 Å². The quantitative estimate of drug-likeness (QED) is 0.0391. The molecule has 8 N–H and O–H groups in total. The molecule has 95 heavy (non-hydrogen) atoms. The van der Waals surface area contributed by atoms with Crippen LogP contribution in [-0.4, -0.2) is 50.5 Å². The molecule has 0 aliphatic heterocycles. The Bertz CT molecular complexity index is 2600. The number of thiol groups is 1. The summed E-state index contributed by atoms with van der Waals surface area (Å²) in [6, 6.07) is 45.9. The van der Waals surface area contributed by atoms with Crippen LogP contribution in [-0.2, 0) is 21.4 Å². The molecule has 15 heteroatoms. The second kappa shape index (κ2) is 100. The van der Waals surface area contributed by atoms with E-state index in [0.29, 0.717) is 5.69 Å². The van der Waals surface area contributed by atoms with Gasteiger partial charge in [-0.2, -0.15) is 0 Å². The van der Waals surface area contributed by atoms with E-state index in [1.807, 2.05) is 227 Å². The highest BCUT2D eigenvalue weighted by Crippen LogP contribution is 2.20. The van der Waals surface area contributed by atoms with E-state index in [-0.39, 0.29) is 5.75 Å². The minimum absolute atomic E-state index is 0.146. The minimum Gasteiger partial charge on any atom is -0.506 e. The third kappa shape index (κ3) is 78.9. The molecule has 0 aliphatic carbocycles. The first kappa shape index (κ1) is 115. The Hall–Kier alpha value is -7.49. The van der Waals surface area contributed by atoms with Crippen molar-refractivity contribution < 1.29 is 23.9 Å². The van der Waals surface area contributed by atoms with Crippen molar-refractivity contribution in [1.29, 1.82) is 0 Å². The van der Waals surface area contributed by atoms with Gasteiger partial charge in [-0.15, -0.1) is 24.0 Å². The molecule has 0 amide bonds. The number of aryl methyl sites for hydroxylation is 4. The molecule has 0 fully saturated rings. The number of rotatable bonds is 1. The van der Waals surface area contributed by atoms with Crippen LogP contribution >= 0.6 is 24.0 Å². The number of oxazole rings is 1. The van der Waals surface area contributed by atoms with Crippen LogP contribution in [0.15, 0.2) is 155 Å². The molecule has 0 atom stereocenters. The Balaban J connectivity index is -0.0000000789. The van der Waals surface area contributed by atoms with Crippen LogP contribution in [0, 0.1) is 20.8 Å². The number of carbonyl (C=O) groups excluding carboxylic acids is 3. The number of nitrogens with one attached hydrogen (secondary N) is 1. The summed E-state index contributed by atoms with van der Waals surface area (Å²) in [7, 11) is 3.89. The fraction of sp³-hybridized carbons (Fsp3) is 0.475. The average Bonchev–Trinajstić information content (AvgIpc) is 1.71. The molecule has 0 unspecified atom stereocenters. The fourth-order valence-electron chi connectivity index (χ4n) is 4.94. The second-order valence-electron chi connectivity index (χ2n) is 17.0. The number of aldehydes is 3. The normalized spacial score (nSPS) is 7.76. The molecule has 9 rings (SSSR count). The lowest BCUT2D eigenvalue weighted by molar-refractivity contribution is -0.106. The lowest BCUT2D eigenvalue weighted by Gasteiger charge is -2.01. The number of phenolic OH excluding ortho intramolecular Hbond substituents is 1. The molecular weight excluding hydrogens is 1220 g/mol. The first-order valence-electron chi connectivity index (χ1n) is 34.5. The largest absolute Gasteiger partial charge is 0.506 e. The van der Waals surface area contributed by atoms with Crippen LogP contribution in [0.1, 0.15) is 242 Å². The highest BCUT2D eigenvalue weighted by Gasteiger charge is 2.01. The molecule has 13 nitrogen and oxygen atoms in total. The molecule has 6 aromatic carbocycles. The van der Waals surface area contributed by atoms with Crippen molar-refractivity contribution in [2.75, 3.05) is 29.6 Å². The lowest BCUT2D eigenvalue weighted by Crippen LogP contribution is -1.93. The van der Waals surface area contributed by atoms with Gasteiger partial charge in [0.05, 0.1) is 43.3 Å². The molecular formula is C80H144N8O5S2. The Morgan fingerprint density at radius 2 is 0.789 bits per heavy atom. The number of nitrogen functional groups attached to an aromatic ring is 3. The zero-order valence-electron chi connectivity index (χ0n) is 66.3. The number of nitrogens with two attached hydrogens (primary N) is 3. The van der Waals surface area contributed by atoms with Gasteiger partial charge in [0.15, 0.2) is 11.5 Å². The molecule has 0 aliphatic rings. The van der Waals surface area contributed by atoms with Crippen molar-refractivity contribution in [3.05, 3.63) is 162 Å². The molecule has 0 bridgehead atoms. The van der Waals surface area contributed by atoms with E-state index in [0.717, 1.165) is 79.7 Å². The number of imidazole rings is 1. The van der Waals surface area contributed by atoms with E-state index in [1.54, 1.807) is 35.6 Å². The van der Waals surface area contributed by atoms with Gasteiger partial charge in [0.25, 0.3) is 0 Å². The molecule has 0 spiro atoms. The zero-order chi connectivity index (χ0) is 76.8. The van der Waals surface area contributed by atoms with Gasteiger partial charge in [-0.1, -0.05) is 277 Å². The zero-order valence-corrected chi connectivity index (χ0v) is 68.0. The topological polar surface area (TPSA) is 218 Å². The summed E-state index contributed by atoms with van der Waals surface area (Å²) in [4.78, 5) is 40.1. The summed E-state index contributed by atoms with van der Waals surface area (Å²) in [5.41, 5.74) is 24.4. The maximum absolute atomic E-state index is 8.81. The Kier molecular flexibility index (Phi) is 121. The van der Waals surface area contributed by atoms with E-state index in [9.17, 15) is 0 Å². The number of fused-ring (bicyclic) bond motifs is 3. The molecule has 3 heterocycles. The van der Waals surface area contributed by atoms with Crippen molar-refractivity contribution in [1.82, 2.24) is 19.5 Å². The summed E-state index contributed by atoms with van der Waals surface area (Å²) < 4.78 is 8.63. The number of hydrogen-bond donors (Lipinski definition) is 6. The number of carbonyl (C=O) groups is 3. The summed E-state index contributed by atoms with van der Waals surface area (Å²) in [6.45, 7) is 59.7. The van der Waals surface area contributed by atoms with Gasteiger partial charge in [0, 0.05) is 31.6 Å². The van der Waals surface area contributed by atoms with Crippen molar-refractivity contribution >= 4 is 97.9 Å². The van der Waals surface area contributed by atoms with Gasteiger partial charge in [-0.25, -0.2) is 15.0 Å². The van der Waals surface area contributed by atoms with Gasteiger partial charge in [-0.05, 0) is 107 Å². The van der Waals surface area contributed by atoms with Crippen molar-refractivity contribution in [2.45, 2.75) is 251 Å². The van der Waals surface area contributed by atoms with Gasteiger partial charge in [0.1, 0.15) is 35.9 Å². The second-order valence-corrected chi connectivity index (χ2v) is 18.7. The molecule has 0 saturated carbocycles. The molecule has 3 aromatic heterocycles. The van der Waals surface area contributed by atoms with Crippen molar-refractivity contribution in [2.24, 2.45) is 7.05 Å². The van der Waals surface area contributed by atoms with Crippen LogP contribution in [0.3, 0.4) is 0 Å². The van der Waals surface area contributed by atoms with Gasteiger partial charge in [-0.3, -0.25) is 0 Å². The predicted molar refractivity (Wildman–Crippen MR) is 439 cm³/mol. The van der Waals surface area contributed by atoms with Gasteiger partial charge >= 0.3 is 0 Å². The number of aromatic nitrogens is 4. The van der Waals surface area contributed by atoms with Crippen LogP contribution in [0.4, 0.5) is 22.7 Å². The molecule has 0 radical (unpaired) electrons. The molecule has 0 saturated heterocycles. The van der Waals surface area contributed by atoms with E-state index in [2.05, 4.69) is 133 Å². The minimum atomic E-state index is 0.146. The van der Waals surface area contributed by atoms with Crippen LogP contribution in [0.5, 0.6) is 5.75 Å². The van der Waals surface area contributed by atoms with Crippen LogP contribution < -0.4 is 22.5 Å². The number of benzene rings is 6. The van der Waals surface area contributed by atoms with Crippen LogP contribution in [0.2, 0.25) is 0 Å². The van der Waals surface area contributed by atoms with Crippen molar-refractivity contribution in [3.63, 3.8) is 0 Å². The number of aromatic hydroxyl groups is 1. The Morgan fingerprint density at radius 1 is 0.463 bits per heavy atom. The Labute approximate surface area is 593 Å². The summed E-state index contributed by atoms with van der Waals surface area (Å²) in [5, 5.41) is 12.9. The molecule has 9 aromatic rings. The molecule has 546 valence electrons. The van der Waals surface area contributed by atoms with Gasteiger partial charge < -0.3 is 51.0 Å². The highest BCUT2D eigenvalue weighted by atomic mass is 32.1. The number of para-hydroxylation sites is 10. The number of thiazole rings is 1. The standard InChI is InChI=1S/C9H10N2.C8H7NO.C8H7NS.C7H10N2.C6H7NO.C6H7NS.6C3H8.3C2H4O.6C2H6/c1-7-10-8-5-3-4-6-9(8)11(7)2;2*1-6-9-7-4-2-3-5-8(7)10-6;1-9-7-5-3-2-4-6(7)8;2*7-5-3-1-2-4-6(5)8;6*1-3-2;3*1-2-3;6*1-2/h3-6H,1-2H3;2*2-5H,1H3;2-5,9H,8H2,1H3;2*1-4,8H,7H2;6*3H2,1-2H3;3*2H,1H3;6*1-2H3. The predicted octanol–water partition coefficient (Wildman–Crippen LogP) is 25.7. The van der Waals surface area contributed by atoms with Crippen molar-refractivity contribution in [3.8, 4) is 5.75 Å². The van der Waals surface area contributed by atoms with E-state index in [4.69, 9.17) is 41.1 Å². The van der Waals surface area contributed by atoms with E-state index in [1.165, 1.54) is 69.5 Å². The first-order valence-corrected chi connectivity index (χ1v) is 35.8. The third-order valence-corrected chi connectivity index (χ3v) is 9.28. The summed E-state index contributed by atoms with van der Waals surface area (Å²) >= 11 is 5.81. The van der Waals surface area contributed by atoms with E-state index >= 15 is 0 Å². The summed E-state index contributed by atoms with van der Waals surface area (Å²) in [5.74, 6) is 1.93. The first-order chi connectivity index (χ1) is 45.7. The summed E-state index contributed by atoms with van der Waals surface area (Å²) in [6.07, 6.45) is 9.75. The number of phenols is 1. The highest BCUT2D eigenvalue weighted by molar-refractivity contribution is 7.80. The Morgan fingerprint density at radius 3 is 1.11 bits per heavy atom. The number of anilines is 4. The number of hydrogen-bond acceptors (Lipinski definition) is 14. The third-order valence-electron chi connectivity index (χ3n) is 7.92. The van der Waals surface area contributed by atoms with E-state index < -0.39 is 0 Å². The maximum Gasteiger partial charge on any atom is 0.192 e. The SMILES string of the molecule is CC.CC.CC.CC.CC.CC.CC=O.CC=O.CC=O.CCC.CCC.CCC.CCC.CCC.CCC.CNc1ccccc1N.Cc1nc2ccccc2n1C.Cc1nc2ccccc2o1.Cc1nc2ccccc2s1.Nc1ccccc1O.Nc1ccccc1S. The fourth-order valence-corrected chi connectivity index (χ4v) is 5.93. The lowest BCUT2D eigenvalue weighted by atomic mass is 10.3. The number of nitrogens with zero attached hydrogens (tertiary/aromatic N) is 4. The van der Waals surface area contributed by atoms with Gasteiger partial charge in [0.2, 0.25) is 0 Å². The smallest absolute Gasteiger partial charge is 0.192 e.